The van der Waals surface area contributed by atoms with Gasteiger partial charge in [0.1, 0.15) is 23.0 Å². The molecule has 1 atom stereocenters. The fourth-order valence-electron chi connectivity index (χ4n) is 0.417. The third-order valence-corrected chi connectivity index (χ3v) is 1.28. The van der Waals surface area contributed by atoms with Crippen LogP contribution in [0.15, 0.2) is 0 Å². The van der Waals surface area contributed by atoms with Crippen molar-refractivity contribution >= 4 is 23.0 Å². The summed E-state index contributed by atoms with van der Waals surface area (Å²) in [4.78, 5) is 0. The van der Waals surface area contributed by atoms with Gasteiger partial charge in [-0.15, -0.1) is 0 Å². The summed E-state index contributed by atoms with van der Waals surface area (Å²) in [6.07, 6.45) is 0.500. The molecule has 9 heavy (non-hydrogen) atoms. The van der Waals surface area contributed by atoms with Gasteiger partial charge in [-0.3, -0.25) is 0 Å². The molecule has 0 saturated heterocycles. The molecule has 0 aromatic rings. The summed E-state index contributed by atoms with van der Waals surface area (Å²) in [5.74, 6) is -0.160. The molecule has 3 nitrogen and oxygen atoms in total. The van der Waals surface area contributed by atoms with E-state index in [1.165, 1.54) is 0 Å². The van der Waals surface area contributed by atoms with Gasteiger partial charge in [0.05, 0.1) is 18.6 Å². The summed E-state index contributed by atoms with van der Waals surface area (Å²) in [6, 6.07) is 2.01. The fourth-order valence-corrected chi connectivity index (χ4v) is 0.851. The first-order valence-corrected chi connectivity index (χ1v) is 3.47. The highest BCUT2D eigenvalue weighted by atomic mass is 127. The van der Waals surface area contributed by atoms with Crippen molar-refractivity contribution < 1.29 is 8.17 Å². The minimum atomic E-state index is -0.160. The molecule has 0 amide bonds. The first-order chi connectivity index (χ1) is 4.35. The number of aliphatic hydroxyl groups excluding tert-OH is 1. The Labute approximate surface area is 68.3 Å². The second-order valence-corrected chi connectivity index (χ2v) is 2.24. The van der Waals surface area contributed by atoms with Crippen LogP contribution in [0, 0.1) is 17.2 Å². The van der Waals surface area contributed by atoms with Gasteiger partial charge in [0, 0.05) is 6.61 Å². The first kappa shape index (κ1) is 9.14. The number of hydrogen-bond donors (Lipinski definition) is 1. The van der Waals surface area contributed by atoms with E-state index in [0.29, 0.717) is 13.0 Å². The Hall–Kier alpha value is 0.140. The average Bonchev–Trinajstić information content (AvgIpc) is 1.88. The fraction of sp³-hybridized carbons (Fsp3) is 0.800. The molecule has 0 aliphatic carbocycles. The molecule has 4 heteroatoms. The van der Waals surface area contributed by atoms with Gasteiger partial charge >= 0.3 is 0 Å². The summed E-state index contributed by atoms with van der Waals surface area (Å²) in [5.41, 5.74) is 0. The van der Waals surface area contributed by atoms with E-state index in [1.54, 1.807) is 23.0 Å². The summed E-state index contributed by atoms with van der Waals surface area (Å²) in [6.45, 7) is 0.454. The lowest BCUT2D eigenvalue weighted by molar-refractivity contribution is 0.249. The quantitative estimate of drug-likeness (QED) is 0.743. The zero-order chi connectivity index (χ0) is 7.11. The third kappa shape index (κ3) is 4.63. The molecule has 0 bridgehead atoms. The molecule has 0 aromatic heterocycles. The standard InChI is InChI=1S/C5H8INO2/c6-9-4-5(3-7)1-2-8/h5,8H,1-2,4H2. The van der Waals surface area contributed by atoms with Crippen molar-refractivity contribution in [1.29, 1.82) is 5.26 Å². The monoisotopic (exact) mass is 241 g/mol. The van der Waals surface area contributed by atoms with Crippen LogP contribution < -0.4 is 0 Å². The SMILES string of the molecule is N#CC(CCO)COI. The zero-order valence-corrected chi connectivity index (χ0v) is 7.04. The van der Waals surface area contributed by atoms with Crippen LogP contribution in [-0.2, 0) is 3.07 Å². The Morgan fingerprint density at radius 2 is 2.44 bits per heavy atom. The molecule has 0 fully saturated rings. The lowest BCUT2D eigenvalue weighted by Crippen LogP contribution is -2.05. The summed E-state index contributed by atoms with van der Waals surface area (Å²) >= 11 is 1.73. The maximum atomic E-state index is 8.39. The molecular weight excluding hydrogens is 233 g/mol. The van der Waals surface area contributed by atoms with Gasteiger partial charge < -0.3 is 8.17 Å². The molecule has 0 aromatic carbocycles. The molecule has 0 spiro atoms. The van der Waals surface area contributed by atoms with Gasteiger partial charge in [-0.2, -0.15) is 5.26 Å². The molecule has 1 unspecified atom stereocenters. The normalized spacial score (nSPS) is 12.6. The highest BCUT2D eigenvalue weighted by Crippen LogP contribution is 2.02. The Morgan fingerprint density at radius 3 is 2.78 bits per heavy atom. The number of nitrogens with zero attached hydrogens (tertiary/aromatic N) is 1. The van der Waals surface area contributed by atoms with Crippen LogP contribution in [-0.4, -0.2) is 18.3 Å². The number of halogens is 1. The van der Waals surface area contributed by atoms with Gasteiger partial charge in [0.25, 0.3) is 0 Å². The number of hydrogen-bond acceptors (Lipinski definition) is 3. The molecule has 0 rings (SSSR count). The van der Waals surface area contributed by atoms with E-state index >= 15 is 0 Å². The van der Waals surface area contributed by atoms with Crippen molar-refractivity contribution in [2.24, 2.45) is 5.92 Å². The van der Waals surface area contributed by atoms with Crippen LogP contribution in [0.25, 0.3) is 0 Å². The van der Waals surface area contributed by atoms with E-state index in [-0.39, 0.29) is 12.5 Å². The maximum Gasteiger partial charge on any atom is 0.109 e. The smallest absolute Gasteiger partial charge is 0.109 e. The zero-order valence-electron chi connectivity index (χ0n) is 4.88. The topological polar surface area (TPSA) is 53.2 Å². The lowest BCUT2D eigenvalue weighted by atomic mass is 10.1. The Kier molecular flexibility index (Phi) is 6.36. The molecular formula is C5H8INO2. The highest BCUT2D eigenvalue weighted by Gasteiger charge is 2.04. The van der Waals surface area contributed by atoms with Crippen molar-refractivity contribution in [2.45, 2.75) is 6.42 Å². The van der Waals surface area contributed by atoms with Gasteiger partial charge in [-0.1, -0.05) is 0 Å². The van der Waals surface area contributed by atoms with E-state index in [0.717, 1.165) is 0 Å². The van der Waals surface area contributed by atoms with E-state index in [1.807, 2.05) is 6.07 Å². The van der Waals surface area contributed by atoms with Crippen molar-refractivity contribution in [3.05, 3.63) is 0 Å². The van der Waals surface area contributed by atoms with Gasteiger partial charge in [-0.05, 0) is 6.42 Å². The second kappa shape index (κ2) is 6.26. The van der Waals surface area contributed by atoms with Crippen molar-refractivity contribution in [2.75, 3.05) is 13.2 Å². The van der Waals surface area contributed by atoms with Crippen molar-refractivity contribution in [3.8, 4) is 6.07 Å². The molecule has 0 saturated carbocycles. The molecule has 0 aliphatic heterocycles. The molecule has 0 heterocycles. The van der Waals surface area contributed by atoms with Crippen LogP contribution in [0.2, 0.25) is 0 Å². The van der Waals surface area contributed by atoms with Gasteiger partial charge in [0.2, 0.25) is 0 Å². The third-order valence-electron chi connectivity index (χ3n) is 0.924. The number of rotatable bonds is 4. The van der Waals surface area contributed by atoms with Gasteiger partial charge in [0.15, 0.2) is 0 Å². The van der Waals surface area contributed by atoms with E-state index in [2.05, 4.69) is 3.07 Å². The van der Waals surface area contributed by atoms with Crippen LogP contribution in [0.5, 0.6) is 0 Å². The van der Waals surface area contributed by atoms with E-state index in [9.17, 15) is 0 Å². The number of aliphatic hydroxyl groups is 1. The minimum Gasteiger partial charge on any atom is -0.396 e. The Balaban J connectivity index is 3.32. The first-order valence-electron chi connectivity index (χ1n) is 2.59. The predicted octanol–water partition coefficient (Wildman–Crippen LogP) is 0.875. The van der Waals surface area contributed by atoms with Crippen LogP contribution in [0.1, 0.15) is 6.42 Å². The van der Waals surface area contributed by atoms with E-state index < -0.39 is 0 Å². The van der Waals surface area contributed by atoms with Gasteiger partial charge in [-0.25, -0.2) is 0 Å². The average molecular weight is 241 g/mol. The summed E-state index contributed by atoms with van der Waals surface area (Å²) < 4.78 is 4.68. The Bertz CT molecular complexity index is 95.6. The molecule has 0 aliphatic rings. The maximum absolute atomic E-state index is 8.39. The lowest BCUT2D eigenvalue weighted by Gasteiger charge is -2.01. The van der Waals surface area contributed by atoms with Crippen LogP contribution in [0.3, 0.4) is 0 Å². The van der Waals surface area contributed by atoms with E-state index in [4.69, 9.17) is 10.4 Å². The van der Waals surface area contributed by atoms with Crippen molar-refractivity contribution in [1.82, 2.24) is 0 Å². The second-order valence-electron chi connectivity index (χ2n) is 1.61. The Morgan fingerprint density at radius 1 is 1.78 bits per heavy atom. The largest absolute Gasteiger partial charge is 0.396 e. The number of nitriles is 1. The highest BCUT2D eigenvalue weighted by molar-refractivity contribution is 14.1. The van der Waals surface area contributed by atoms with Crippen LogP contribution >= 0.6 is 23.0 Å². The van der Waals surface area contributed by atoms with Crippen molar-refractivity contribution in [3.63, 3.8) is 0 Å². The summed E-state index contributed by atoms with van der Waals surface area (Å²) in [5, 5.41) is 16.7. The molecule has 1 N–H and O–H groups in total. The molecule has 0 radical (unpaired) electrons. The summed E-state index contributed by atoms with van der Waals surface area (Å²) in [7, 11) is 0. The minimum absolute atomic E-state index is 0.0538. The van der Waals surface area contributed by atoms with Crippen LogP contribution in [0.4, 0.5) is 0 Å². The predicted molar refractivity (Wildman–Crippen MR) is 40.8 cm³/mol. The molecule has 52 valence electrons.